The van der Waals surface area contributed by atoms with E-state index >= 15 is 0 Å². The van der Waals surface area contributed by atoms with Crippen molar-refractivity contribution in [3.63, 3.8) is 0 Å². The summed E-state index contributed by atoms with van der Waals surface area (Å²) in [6.07, 6.45) is 4.29. The zero-order chi connectivity index (χ0) is 9.80. The molecule has 2 heteroatoms. The van der Waals surface area contributed by atoms with Crippen LogP contribution in [0.5, 0.6) is 0 Å². The second-order valence-electron chi connectivity index (χ2n) is 4.49. The van der Waals surface area contributed by atoms with Gasteiger partial charge in [-0.15, -0.1) is 11.3 Å². The Labute approximate surface area is 90.5 Å². The van der Waals surface area contributed by atoms with E-state index in [0.717, 1.165) is 18.4 Å². The molecule has 1 aromatic heterocycles. The van der Waals surface area contributed by atoms with Gasteiger partial charge in [0.2, 0.25) is 0 Å². The van der Waals surface area contributed by atoms with Crippen LogP contribution in [0.1, 0.15) is 31.1 Å². The van der Waals surface area contributed by atoms with Gasteiger partial charge in [0.05, 0.1) is 0 Å². The van der Waals surface area contributed by atoms with Gasteiger partial charge < -0.3 is 5.32 Å². The Bertz CT molecular complexity index is 255. The van der Waals surface area contributed by atoms with E-state index in [1.54, 1.807) is 0 Å². The standard InChI is InChI=1S/C12H19NS/c1-10-4-5-11(7-10)8-13-9-12-3-2-6-14-12/h2-3,6,10-11,13H,4-5,7-9H2,1H3. The van der Waals surface area contributed by atoms with Crippen LogP contribution in [0.2, 0.25) is 0 Å². The third kappa shape index (κ3) is 2.82. The molecule has 0 bridgehead atoms. The van der Waals surface area contributed by atoms with Gasteiger partial charge >= 0.3 is 0 Å². The van der Waals surface area contributed by atoms with Crippen LogP contribution >= 0.6 is 11.3 Å². The summed E-state index contributed by atoms with van der Waals surface area (Å²) in [6.45, 7) is 4.64. The maximum absolute atomic E-state index is 3.56. The fourth-order valence-corrected chi connectivity index (χ4v) is 3.00. The van der Waals surface area contributed by atoms with Crippen molar-refractivity contribution in [2.75, 3.05) is 6.54 Å². The highest BCUT2D eigenvalue weighted by molar-refractivity contribution is 7.09. The molecule has 1 nitrogen and oxygen atoms in total. The quantitative estimate of drug-likeness (QED) is 0.802. The monoisotopic (exact) mass is 209 g/mol. The lowest BCUT2D eigenvalue weighted by molar-refractivity contribution is 0.472. The molecule has 1 saturated carbocycles. The Morgan fingerprint density at radius 3 is 3.07 bits per heavy atom. The number of rotatable bonds is 4. The number of nitrogens with one attached hydrogen (secondary N) is 1. The average molecular weight is 209 g/mol. The van der Waals surface area contributed by atoms with Crippen LogP contribution in [0, 0.1) is 11.8 Å². The summed E-state index contributed by atoms with van der Waals surface area (Å²) < 4.78 is 0. The topological polar surface area (TPSA) is 12.0 Å². The van der Waals surface area contributed by atoms with E-state index in [1.807, 2.05) is 11.3 Å². The highest BCUT2D eigenvalue weighted by atomic mass is 32.1. The number of hydrogen-bond acceptors (Lipinski definition) is 2. The van der Waals surface area contributed by atoms with E-state index in [-0.39, 0.29) is 0 Å². The first-order valence-electron chi connectivity index (χ1n) is 5.57. The minimum absolute atomic E-state index is 0.935. The second kappa shape index (κ2) is 4.94. The van der Waals surface area contributed by atoms with Crippen molar-refractivity contribution in [3.8, 4) is 0 Å². The van der Waals surface area contributed by atoms with E-state index in [1.165, 1.54) is 30.7 Å². The molecule has 0 radical (unpaired) electrons. The van der Waals surface area contributed by atoms with Crippen LogP contribution in [-0.4, -0.2) is 6.54 Å². The summed E-state index contributed by atoms with van der Waals surface area (Å²) in [5.41, 5.74) is 0. The summed E-state index contributed by atoms with van der Waals surface area (Å²) in [4.78, 5) is 1.45. The molecule has 1 N–H and O–H groups in total. The Kier molecular flexibility index (Phi) is 3.60. The van der Waals surface area contributed by atoms with Crippen LogP contribution < -0.4 is 5.32 Å². The van der Waals surface area contributed by atoms with E-state index in [2.05, 4.69) is 29.8 Å². The van der Waals surface area contributed by atoms with Gasteiger partial charge in [0.15, 0.2) is 0 Å². The van der Waals surface area contributed by atoms with Gasteiger partial charge in [-0.2, -0.15) is 0 Å². The molecule has 2 atom stereocenters. The molecular weight excluding hydrogens is 190 g/mol. The summed E-state index contributed by atoms with van der Waals surface area (Å²) in [6, 6.07) is 4.33. The van der Waals surface area contributed by atoms with Crippen LogP contribution in [0.3, 0.4) is 0 Å². The summed E-state index contributed by atoms with van der Waals surface area (Å²) >= 11 is 1.84. The van der Waals surface area contributed by atoms with Crippen molar-refractivity contribution in [3.05, 3.63) is 22.4 Å². The molecule has 1 aromatic rings. The summed E-state index contributed by atoms with van der Waals surface area (Å²) in [5.74, 6) is 1.90. The minimum atomic E-state index is 0.935. The number of hydrogen-bond donors (Lipinski definition) is 1. The van der Waals surface area contributed by atoms with Gasteiger partial charge in [-0.1, -0.05) is 19.4 Å². The molecule has 78 valence electrons. The maximum atomic E-state index is 3.56. The Hall–Kier alpha value is -0.340. The Morgan fingerprint density at radius 2 is 2.43 bits per heavy atom. The third-order valence-corrected chi connectivity index (χ3v) is 3.99. The van der Waals surface area contributed by atoms with E-state index in [9.17, 15) is 0 Å². The van der Waals surface area contributed by atoms with E-state index in [0.29, 0.717) is 0 Å². The minimum Gasteiger partial charge on any atom is -0.312 e. The highest BCUT2D eigenvalue weighted by Gasteiger charge is 2.20. The van der Waals surface area contributed by atoms with Gasteiger partial charge in [0.25, 0.3) is 0 Å². The smallest absolute Gasteiger partial charge is 0.0299 e. The Morgan fingerprint density at radius 1 is 1.50 bits per heavy atom. The first kappa shape index (κ1) is 10.2. The molecule has 14 heavy (non-hydrogen) atoms. The van der Waals surface area contributed by atoms with Crippen molar-refractivity contribution in [1.29, 1.82) is 0 Å². The zero-order valence-electron chi connectivity index (χ0n) is 8.83. The molecule has 0 spiro atoms. The second-order valence-corrected chi connectivity index (χ2v) is 5.53. The SMILES string of the molecule is CC1CCC(CNCc2cccs2)C1. The first-order valence-corrected chi connectivity index (χ1v) is 6.45. The average Bonchev–Trinajstić information content (AvgIpc) is 2.77. The van der Waals surface area contributed by atoms with Crippen LogP contribution in [0.4, 0.5) is 0 Å². The lowest BCUT2D eigenvalue weighted by atomic mass is 10.1. The molecule has 1 heterocycles. The molecule has 0 aliphatic heterocycles. The molecule has 2 unspecified atom stereocenters. The lowest BCUT2D eigenvalue weighted by Crippen LogP contribution is -2.20. The van der Waals surface area contributed by atoms with Crippen molar-refractivity contribution < 1.29 is 0 Å². The lowest BCUT2D eigenvalue weighted by Gasteiger charge is -2.09. The van der Waals surface area contributed by atoms with Gasteiger partial charge in [0.1, 0.15) is 0 Å². The van der Waals surface area contributed by atoms with E-state index < -0.39 is 0 Å². The van der Waals surface area contributed by atoms with E-state index in [4.69, 9.17) is 0 Å². The third-order valence-electron chi connectivity index (χ3n) is 3.12. The van der Waals surface area contributed by atoms with Crippen molar-refractivity contribution >= 4 is 11.3 Å². The molecule has 2 rings (SSSR count). The molecule has 1 fully saturated rings. The van der Waals surface area contributed by atoms with Crippen molar-refractivity contribution in [2.24, 2.45) is 11.8 Å². The van der Waals surface area contributed by atoms with Crippen molar-refractivity contribution in [1.82, 2.24) is 5.32 Å². The molecular formula is C12H19NS. The van der Waals surface area contributed by atoms with Crippen LogP contribution in [-0.2, 0) is 6.54 Å². The van der Waals surface area contributed by atoms with Gasteiger partial charge in [0, 0.05) is 11.4 Å². The van der Waals surface area contributed by atoms with Gasteiger partial charge in [-0.3, -0.25) is 0 Å². The number of thiophene rings is 1. The molecule has 0 saturated heterocycles. The zero-order valence-corrected chi connectivity index (χ0v) is 9.65. The van der Waals surface area contributed by atoms with Gasteiger partial charge in [-0.05, 0) is 42.7 Å². The summed E-state index contributed by atoms with van der Waals surface area (Å²) in [7, 11) is 0. The largest absolute Gasteiger partial charge is 0.312 e. The molecule has 1 aliphatic rings. The predicted molar refractivity (Wildman–Crippen MR) is 62.5 cm³/mol. The van der Waals surface area contributed by atoms with Crippen LogP contribution in [0.25, 0.3) is 0 Å². The summed E-state index contributed by atoms with van der Waals surface area (Å²) in [5, 5.41) is 5.71. The molecule has 0 amide bonds. The predicted octanol–water partition coefficient (Wildman–Crippen LogP) is 3.27. The molecule has 1 aliphatic carbocycles. The normalized spacial score (nSPS) is 26.9. The van der Waals surface area contributed by atoms with Crippen molar-refractivity contribution in [2.45, 2.75) is 32.7 Å². The fourth-order valence-electron chi connectivity index (χ4n) is 2.32. The maximum Gasteiger partial charge on any atom is 0.0299 e. The highest BCUT2D eigenvalue weighted by Crippen LogP contribution is 2.29. The van der Waals surface area contributed by atoms with Crippen LogP contribution in [0.15, 0.2) is 17.5 Å². The Balaban J connectivity index is 1.64. The fraction of sp³-hybridized carbons (Fsp3) is 0.667. The van der Waals surface area contributed by atoms with Gasteiger partial charge in [-0.25, -0.2) is 0 Å². The molecule has 0 aromatic carbocycles. The first-order chi connectivity index (χ1) is 6.84.